The van der Waals surface area contributed by atoms with Crippen molar-refractivity contribution in [3.05, 3.63) is 11.9 Å². The Morgan fingerprint density at radius 3 is 2.64 bits per heavy atom. The van der Waals surface area contributed by atoms with E-state index in [0.717, 1.165) is 0 Å². The van der Waals surface area contributed by atoms with Gasteiger partial charge in [-0.15, -0.1) is 0 Å². The molecule has 0 aliphatic carbocycles. The van der Waals surface area contributed by atoms with Crippen LogP contribution in [0, 0.1) is 0 Å². The smallest absolute Gasteiger partial charge is 0.105 e. The summed E-state index contributed by atoms with van der Waals surface area (Å²) in [6.45, 7) is 0.0136. The number of nitrogens with two attached hydrogens (primary N) is 1. The molecule has 5 N–H and O–H groups in total. The Labute approximate surface area is 67.8 Å². The van der Waals surface area contributed by atoms with E-state index in [-0.39, 0.29) is 6.61 Å². The van der Waals surface area contributed by atoms with Crippen LogP contribution in [0.1, 0.15) is 0 Å². The van der Waals surface area contributed by atoms with Crippen LogP contribution in [0.3, 0.4) is 0 Å². The van der Waals surface area contributed by atoms with Crippen molar-refractivity contribution in [2.24, 2.45) is 5.73 Å². The van der Waals surface area contributed by atoms with Crippen molar-refractivity contribution >= 4 is 10.9 Å². The molecule has 0 saturated heterocycles. The summed E-state index contributed by atoms with van der Waals surface area (Å²) < 4.78 is 22.1. The van der Waals surface area contributed by atoms with Gasteiger partial charge in [0.25, 0.3) is 0 Å². The molecule has 5 nitrogen and oxygen atoms in total. The van der Waals surface area contributed by atoms with E-state index >= 15 is 0 Å². The number of rotatable bonds is 4. The molecule has 11 heavy (non-hydrogen) atoms. The Morgan fingerprint density at radius 2 is 2.27 bits per heavy atom. The van der Waals surface area contributed by atoms with Crippen LogP contribution in [0.5, 0.6) is 0 Å². The molecule has 0 spiro atoms. The summed E-state index contributed by atoms with van der Waals surface area (Å²) in [5, 5.41) is 2.68. The standard InChI is InChI=1S/C5H14N2O3S/c1-7-3-5(6)4-10-11(2,8)9/h3,7-9H,4,6H2,1-2H3/b5-3-. The summed E-state index contributed by atoms with van der Waals surface area (Å²) in [5.41, 5.74) is 5.77. The van der Waals surface area contributed by atoms with Gasteiger partial charge in [-0.3, -0.25) is 4.18 Å². The van der Waals surface area contributed by atoms with Crippen LogP contribution in [0.4, 0.5) is 0 Å². The van der Waals surface area contributed by atoms with Crippen LogP contribution >= 0.6 is 10.9 Å². The zero-order valence-electron chi connectivity index (χ0n) is 6.57. The molecule has 0 amide bonds. The molecule has 0 aromatic heterocycles. The van der Waals surface area contributed by atoms with Gasteiger partial charge in [0.2, 0.25) is 0 Å². The lowest BCUT2D eigenvalue weighted by molar-refractivity contribution is 0.288. The van der Waals surface area contributed by atoms with Crippen molar-refractivity contribution in [3.63, 3.8) is 0 Å². The van der Waals surface area contributed by atoms with Crippen LogP contribution in [0.25, 0.3) is 0 Å². The van der Waals surface area contributed by atoms with E-state index in [0.29, 0.717) is 5.70 Å². The molecule has 0 heterocycles. The van der Waals surface area contributed by atoms with E-state index in [1.54, 1.807) is 7.05 Å². The van der Waals surface area contributed by atoms with Gasteiger partial charge in [-0.05, 0) is 0 Å². The minimum absolute atomic E-state index is 0.0136. The molecule has 0 unspecified atom stereocenters. The van der Waals surface area contributed by atoms with Crippen molar-refractivity contribution in [2.45, 2.75) is 0 Å². The van der Waals surface area contributed by atoms with E-state index in [2.05, 4.69) is 9.50 Å². The third kappa shape index (κ3) is 7.47. The second-order valence-corrected chi connectivity index (χ2v) is 3.79. The van der Waals surface area contributed by atoms with Crippen LogP contribution in [-0.2, 0) is 4.18 Å². The molecule has 6 heteroatoms. The highest BCUT2D eigenvalue weighted by molar-refractivity contribution is 8.19. The highest BCUT2D eigenvalue weighted by Crippen LogP contribution is 2.34. The van der Waals surface area contributed by atoms with Gasteiger partial charge >= 0.3 is 0 Å². The summed E-state index contributed by atoms with van der Waals surface area (Å²) in [5.74, 6) is 0. The fraction of sp³-hybridized carbons (Fsp3) is 0.600. The van der Waals surface area contributed by atoms with E-state index in [9.17, 15) is 0 Å². The van der Waals surface area contributed by atoms with Crippen molar-refractivity contribution in [1.29, 1.82) is 0 Å². The SMILES string of the molecule is CN/C=C(\N)COS(C)(O)O. The fourth-order valence-corrected chi connectivity index (χ4v) is 0.766. The van der Waals surface area contributed by atoms with E-state index < -0.39 is 10.9 Å². The summed E-state index contributed by atoms with van der Waals surface area (Å²) in [6, 6.07) is 0. The van der Waals surface area contributed by atoms with Gasteiger partial charge in [-0.25, -0.2) is 0 Å². The summed E-state index contributed by atoms with van der Waals surface area (Å²) in [6.07, 6.45) is 2.71. The minimum atomic E-state index is -2.89. The largest absolute Gasteiger partial charge is 0.399 e. The van der Waals surface area contributed by atoms with Gasteiger partial charge in [-0.1, -0.05) is 0 Å². The molecule has 0 bridgehead atoms. The van der Waals surface area contributed by atoms with Gasteiger partial charge in [-0.2, -0.15) is 0 Å². The van der Waals surface area contributed by atoms with E-state index in [1.165, 1.54) is 12.5 Å². The van der Waals surface area contributed by atoms with Gasteiger partial charge in [0, 0.05) is 19.5 Å². The van der Waals surface area contributed by atoms with E-state index in [4.69, 9.17) is 14.8 Å². The van der Waals surface area contributed by atoms with Gasteiger partial charge in [0.05, 0.1) is 16.6 Å². The average molecular weight is 182 g/mol. The van der Waals surface area contributed by atoms with Gasteiger partial charge in [0.1, 0.15) is 6.61 Å². The van der Waals surface area contributed by atoms with Crippen LogP contribution in [-0.4, -0.2) is 29.0 Å². The third-order valence-electron chi connectivity index (χ3n) is 0.779. The Bertz CT molecular complexity index is 143. The zero-order valence-corrected chi connectivity index (χ0v) is 7.39. The zero-order chi connectivity index (χ0) is 8.91. The average Bonchev–Trinajstić information content (AvgIpc) is 1.83. The Morgan fingerprint density at radius 1 is 1.73 bits per heavy atom. The van der Waals surface area contributed by atoms with Crippen LogP contribution in [0.2, 0.25) is 0 Å². The predicted octanol–water partition coefficient (Wildman–Crippen LogP) is 0.318. The van der Waals surface area contributed by atoms with E-state index in [1.807, 2.05) is 0 Å². The lowest BCUT2D eigenvalue weighted by atomic mass is 10.5. The molecule has 0 fully saturated rings. The first-order valence-corrected chi connectivity index (χ1v) is 4.83. The predicted molar refractivity (Wildman–Crippen MR) is 46.1 cm³/mol. The first-order chi connectivity index (χ1) is 4.95. The topological polar surface area (TPSA) is 87.7 Å². The maximum absolute atomic E-state index is 8.75. The Hall–Kier alpha value is -0.430. The molecular weight excluding hydrogens is 168 g/mol. The second-order valence-electron chi connectivity index (χ2n) is 2.03. The molecule has 0 aliphatic rings. The molecular formula is C5H14N2O3S. The van der Waals surface area contributed by atoms with Crippen molar-refractivity contribution < 1.29 is 13.3 Å². The quantitative estimate of drug-likeness (QED) is 0.503. The number of hydrogen-bond acceptors (Lipinski definition) is 5. The maximum Gasteiger partial charge on any atom is 0.105 e. The minimum Gasteiger partial charge on any atom is -0.399 e. The molecule has 0 aliphatic heterocycles. The molecule has 0 saturated carbocycles. The summed E-state index contributed by atoms with van der Waals surface area (Å²) >= 11 is 0. The Balaban J connectivity index is 3.62. The molecule has 0 rings (SSSR count). The van der Waals surface area contributed by atoms with Crippen molar-refractivity contribution in [2.75, 3.05) is 19.9 Å². The summed E-state index contributed by atoms with van der Waals surface area (Å²) in [7, 11) is -1.19. The van der Waals surface area contributed by atoms with Crippen LogP contribution < -0.4 is 11.1 Å². The summed E-state index contributed by atoms with van der Waals surface area (Å²) in [4.78, 5) is 0. The monoisotopic (exact) mass is 182 g/mol. The fourth-order valence-electron chi connectivity index (χ4n) is 0.407. The maximum atomic E-state index is 8.75. The lowest BCUT2D eigenvalue weighted by Gasteiger charge is -2.20. The van der Waals surface area contributed by atoms with Gasteiger partial charge in [0.15, 0.2) is 0 Å². The molecule has 0 radical (unpaired) electrons. The molecule has 0 atom stereocenters. The van der Waals surface area contributed by atoms with Crippen molar-refractivity contribution in [3.8, 4) is 0 Å². The Kier molecular flexibility index (Phi) is 4.27. The molecule has 68 valence electrons. The number of nitrogens with one attached hydrogen (secondary N) is 1. The highest BCUT2D eigenvalue weighted by atomic mass is 32.3. The van der Waals surface area contributed by atoms with Crippen LogP contribution in [0.15, 0.2) is 11.9 Å². The highest BCUT2D eigenvalue weighted by Gasteiger charge is 2.08. The van der Waals surface area contributed by atoms with Gasteiger partial charge < -0.3 is 20.2 Å². The normalized spacial score (nSPS) is 14.7. The molecule has 0 aromatic rings. The molecule has 0 aromatic carbocycles. The lowest BCUT2D eigenvalue weighted by Crippen LogP contribution is -2.12. The third-order valence-corrected chi connectivity index (χ3v) is 1.34. The number of hydrogen-bond donors (Lipinski definition) is 4. The first kappa shape index (κ1) is 10.6. The second kappa shape index (κ2) is 4.45. The van der Waals surface area contributed by atoms with Crippen molar-refractivity contribution in [1.82, 2.24) is 5.32 Å². The first-order valence-electron chi connectivity index (χ1n) is 2.95.